The molecule has 0 atom stereocenters. The first-order valence-electron chi connectivity index (χ1n) is 5.43. The van der Waals surface area contributed by atoms with Crippen LogP contribution in [0.4, 0.5) is 11.4 Å². The van der Waals surface area contributed by atoms with Crippen LogP contribution in [0.5, 0.6) is 0 Å². The van der Waals surface area contributed by atoms with Gasteiger partial charge >= 0.3 is 5.97 Å². The molecule has 2 aromatic rings. The van der Waals surface area contributed by atoms with Crippen molar-refractivity contribution in [1.82, 2.24) is 0 Å². The minimum absolute atomic E-state index is 0.255. The number of aromatic carboxylic acids is 1. The molecule has 0 fully saturated rings. The second kappa shape index (κ2) is 5.23. The lowest BCUT2D eigenvalue weighted by atomic mass is 10.1. The maximum absolute atomic E-state index is 11.1. The SMILES string of the molecule is Cc1ccc(Br)c(Nc2ccccc2C(=O)O)c1. The highest BCUT2D eigenvalue weighted by Crippen LogP contribution is 2.28. The minimum Gasteiger partial charge on any atom is -0.478 e. The zero-order valence-corrected chi connectivity index (χ0v) is 11.4. The summed E-state index contributed by atoms with van der Waals surface area (Å²) in [6.07, 6.45) is 0. The molecule has 0 bridgehead atoms. The molecular formula is C14H12BrNO2. The van der Waals surface area contributed by atoms with Gasteiger partial charge in [0.25, 0.3) is 0 Å². The summed E-state index contributed by atoms with van der Waals surface area (Å²) in [5, 5.41) is 12.3. The molecule has 3 nitrogen and oxygen atoms in total. The number of benzene rings is 2. The number of carboxylic acids is 1. The van der Waals surface area contributed by atoms with Crippen LogP contribution in [0.3, 0.4) is 0 Å². The summed E-state index contributed by atoms with van der Waals surface area (Å²) in [5.74, 6) is -0.943. The minimum atomic E-state index is -0.943. The molecule has 2 N–H and O–H groups in total. The maximum atomic E-state index is 11.1. The van der Waals surface area contributed by atoms with E-state index in [9.17, 15) is 4.79 Å². The molecule has 0 spiro atoms. The topological polar surface area (TPSA) is 49.3 Å². The third kappa shape index (κ3) is 2.71. The van der Waals surface area contributed by atoms with Crippen molar-refractivity contribution in [3.05, 3.63) is 58.1 Å². The highest BCUT2D eigenvalue weighted by atomic mass is 79.9. The third-order valence-electron chi connectivity index (χ3n) is 2.55. The van der Waals surface area contributed by atoms with Gasteiger partial charge in [0, 0.05) is 4.47 Å². The van der Waals surface area contributed by atoms with Crippen LogP contribution in [0, 0.1) is 6.92 Å². The molecule has 0 saturated carbocycles. The van der Waals surface area contributed by atoms with Gasteiger partial charge in [0.05, 0.1) is 16.9 Å². The van der Waals surface area contributed by atoms with Crippen LogP contribution in [0.2, 0.25) is 0 Å². The third-order valence-corrected chi connectivity index (χ3v) is 3.24. The van der Waals surface area contributed by atoms with E-state index in [-0.39, 0.29) is 5.56 Å². The van der Waals surface area contributed by atoms with Gasteiger partial charge in [-0.3, -0.25) is 0 Å². The van der Waals surface area contributed by atoms with Crippen LogP contribution >= 0.6 is 15.9 Å². The smallest absolute Gasteiger partial charge is 0.337 e. The molecule has 2 rings (SSSR count). The molecule has 0 radical (unpaired) electrons. The van der Waals surface area contributed by atoms with Crippen molar-refractivity contribution in [2.75, 3.05) is 5.32 Å². The van der Waals surface area contributed by atoms with Crippen LogP contribution in [-0.4, -0.2) is 11.1 Å². The van der Waals surface area contributed by atoms with Gasteiger partial charge in [-0.25, -0.2) is 4.79 Å². The van der Waals surface area contributed by atoms with Crippen LogP contribution in [-0.2, 0) is 0 Å². The van der Waals surface area contributed by atoms with E-state index in [1.165, 1.54) is 0 Å². The summed E-state index contributed by atoms with van der Waals surface area (Å²) in [7, 11) is 0. The first kappa shape index (κ1) is 12.6. The molecule has 0 unspecified atom stereocenters. The number of para-hydroxylation sites is 1. The Balaban J connectivity index is 2.40. The Hall–Kier alpha value is -1.81. The zero-order chi connectivity index (χ0) is 13.1. The van der Waals surface area contributed by atoms with E-state index < -0.39 is 5.97 Å². The number of hydrogen-bond acceptors (Lipinski definition) is 2. The fraction of sp³-hybridized carbons (Fsp3) is 0.0714. The first-order valence-corrected chi connectivity index (χ1v) is 6.23. The van der Waals surface area contributed by atoms with E-state index in [2.05, 4.69) is 21.2 Å². The summed E-state index contributed by atoms with van der Waals surface area (Å²) >= 11 is 3.44. The molecule has 92 valence electrons. The Kier molecular flexibility index (Phi) is 3.67. The van der Waals surface area contributed by atoms with Crippen molar-refractivity contribution < 1.29 is 9.90 Å². The van der Waals surface area contributed by atoms with Gasteiger partial charge in [0.1, 0.15) is 0 Å². The molecule has 0 saturated heterocycles. The molecule has 0 amide bonds. The molecule has 0 aliphatic rings. The summed E-state index contributed by atoms with van der Waals surface area (Å²) in [6, 6.07) is 12.7. The summed E-state index contributed by atoms with van der Waals surface area (Å²) < 4.78 is 0.897. The number of rotatable bonds is 3. The Morgan fingerprint density at radius 2 is 1.89 bits per heavy atom. The van der Waals surface area contributed by atoms with Crippen LogP contribution in [0.15, 0.2) is 46.9 Å². The van der Waals surface area contributed by atoms with Crippen molar-refractivity contribution in [3.63, 3.8) is 0 Å². The second-order valence-electron chi connectivity index (χ2n) is 3.96. The second-order valence-corrected chi connectivity index (χ2v) is 4.81. The first-order chi connectivity index (χ1) is 8.58. The maximum Gasteiger partial charge on any atom is 0.337 e. The number of hydrogen-bond donors (Lipinski definition) is 2. The van der Waals surface area contributed by atoms with Crippen LogP contribution in [0.25, 0.3) is 0 Å². The quantitative estimate of drug-likeness (QED) is 0.893. The largest absolute Gasteiger partial charge is 0.478 e. The van der Waals surface area contributed by atoms with Gasteiger partial charge in [0.15, 0.2) is 0 Å². The molecule has 0 aromatic heterocycles. The number of aryl methyl sites for hydroxylation is 1. The Morgan fingerprint density at radius 1 is 1.17 bits per heavy atom. The molecule has 2 aromatic carbocycles. The van der Waals surface area contributed by atoms with Gasteiger partial charge in [0.2, 0.25) is 0 Å². The van der Waals surface area contributed by atoms with Crippen LogP contribution < -0.4 is 5.32 Å². The zero-order valence-electron chi connectivity index (χ0n) is 9.77. The van der Waals surface area contributed by atoms with Crippen molar-refractivity contribution in [2.45, 2.75) is 6.92 Å². The van der Waals surface area contributed by atoms with Gasteiger partial charge in [-0.1, -0.05) is 18.2 Å². The lowest BCUT2D eigenvalue weighted by Gasteiger charge is -2.11. The van der Waals surface area contributed by atoms with Crippen molar-refractivity contribution in [2.24, 2.45) is 0 Å². The fourth-order valence-electron chi connectivity index (χ4n) is 1.66. The van der Waals surface area contributed by atoms with E-state index in [0.29, 0.717) is 5.69 Å². The number of carboxylic acid groups (broad SMARTS) is 1. The Bertz CT molecular complexity index is 596. The monoisotopic (exact) mass is 305 g/mol. The highest BCUT2D eigenvalue weighted by molar-refractivity contribution is 9.10. The lowest BCUT2D eigenvalue weighted by Crippen LogP contribution is -2.02. The van der Waals surface area contributed by atoms with Gasteiger partial charge in [-0.15, -0.1) is 0 Å². The fourth-order valence-corrected chi connectivity index (χ4v) is 2.00. The van der Waals surface area contributed by atoms with Crippen LogP contribution in [0.1, 0.15) is 15.9 Å². The predicted molar refractivity (Wildman–Crippen MR) is 75.6 cm³/mol. The number of carbonyl (C=O) groups is 1. The van der Waals surface area contributed by atoms with Gasteiger partial charge < -0.3 is 10.4 Å². The summed E-state index contributed by atoms with van der Waals surface area (Å²) in [6.45, 7) is 1.99. The number of halogens is 1. The average Bonchev–Trinajstić information content (AvgIpc) is 2.34. The number of anilines is 2. The normalized spacial score (nSPS) is 10.1. The van der Waals surface area contributed by atoms with Crippen molar-refractivity contribution in [1.29, 1.82) is 0 Å². The molecule has 4 heteroatoms. The molecule has 0 heterocycles. The molecule has 0 aliphatic carbocycles. The van der Waals surface area contributed by atoms with E-state index >= 15 is 0 Å². The molecular weight excluding hydrogens is 294 g/mol. The molecule has 18 heavy (non-hydrogen) atoms. The summed E-state index contributed by atoms with van der Waals surface area (Å²) in [4.78, 5) is 11.1. The Labute approximate surface area is 114 Å². The lowest BCUT2D eigenvalue weighted by molar-refractivity contribution is 0.0698. The predicted octanol–water partition coefficient (Wildman–Crippen LogP) is 4.20. The highest BCUT2D eigenvalue weighted by Gasteiger charge is 2.10. The van der Waals surface area contributed by atoms with Crippen molar-refractivity contribution in [3.8, 4) is 0 Å². The average molecular weight is 306 g/mol. The number of nitrogens with one attached hydrogen (secondary N) is 1. The summed E-state index contributed by atoms with van der Waals surface area (Å²) in [5.41, 5.74) is 2.79. The van der Waals surface area contributed by atoms with E-state index in [1.807, 2.05) is 25.1 Å². The Morgan fingerprint density at radius 3 is 2.61 bits per heavy atom. The van der Waals surface area contributed by atoms with E-state index in [4.69, 9.17) is 5.11 Å². The molecule has 0 aliphatic heterocycles. The van der Waals surface area contributed by atoms with Gasteiger partial charge in [-0.2, -0.15) is 0 Å². The standard InChI is InChI=1S/C14H12BrNO2/c1-9-6-7-11(15)13(8-9)16-12-5-3-2-4-10(12)14(17)18/h2-8,16H,1H3,(H,17,18). The van der Waals surface area contributed by atoms with Gasteiger partial charge in [-0.05, 0) is 52.7 Å². The van der Waals surface area contributed by atoms with Crippen molar-refractivity contribution >= 4 is 33.3 Å². The van der Waals surface area contributed by atoms with E-state index in [1.54, 1.807) is 24.3 Å². The van der Waals surface area contributed by atoms with E-state index in [0.717, 1.165) is 15.7 Å².